The molecule has 0 unspecified atom stereocenters. The molecule has 90 valence electrons. The number of nitrogens with two attached hydrogens (primary N) is 1. The van der Waals surface area contributed by atoms with Gasteiger partial charge in [0.25, 0.3) is 0 Å². The fourth-order valence-electron chi connectivity index (χ4n) is 1.49. The molecule has 2 rings (SSSR count). The fourth-order valence-corrected chi connectivity index (χ4v) is 2.38. The summed E-state index contributed by atoms with van der Waals surface area (Å²) in [6.45, 7) is 0. The molecule has 2 aromatic rings. The average molecular weight is 258 g/mol. The normalized spacial score (nSPS) is 11.7. The number of hydrogen-bond acceptors (Lipinski definition) is 3. The Labute approximate surface area is 99.9 Å². The van der Waals surface area contributed by atoms with E-state index in [0.29, 0.717) is 11.3 Å². The third-order valence-electron chi connectivity index (χ3n) is 2.12. The van der Waals surface area contributed by atoms with Crippen LogP contribution in [0.1, 0.15) is 4.88 Å². The highest BCUT2D eigenvalue weighted by molar-refractivity contribution is 7.15. The number of aromatic nitrogens is 1. The molecule has 0 saturated heterocycles. The zero-order valence-corrected chi connectivity index (χ0v) is 9.48. The number of hydrogen-bond donors (Lipinski definition) is 1. The minimum atomic E-state index is -4.25. The summed E-state index contributed by atoms with van der Waals surface area (Å²) >= 11 is 0.883. The summed E-state index contributed by atoms with van der Waals surface area (Å²) in [6, 6.07) is 8.73. The van der Waals surface area contributed by atoms with Gasteiger partial charge in [-0.3, -0.25) is 0 Å². The second-order valence-corrected chi connectivity index (χ2v) is 4.60. The predicted molar refractivity (Wildman–Crippen MR) is 61.7 cm³/mol. The van der Waals surface area contributed by atoms with E-state index in [4.69, 9.17) is 5.73 Å². The lowest BCUT2D eigenvalue weighted by Crippen LogP contribution is -2.11. The van der Waals surface area contributed by atoms with Crippen LogP contribution in [0.25, 0.3) is 11.3 Å². The number of benzene rings is 1. The lowest BCUT2D eigenvalue weighted by molar-refractivity contribution is -0.126. The fraction of sp³-hybridized carbons (Fsp3) is 0.182. The maximum Gasteiger partial charge on any atom is 0.393 e. The van der Waals surface area contributed by atoms with Crippen LogP contribution in [0.5, 0.6) is 0 Å². The molecule has 0 aliphatic heterocycles. The SMILES string of the molecule is Nc1nc(-c2ccccc2)c(CC(F)(F)F)s1. The van der Waals surface area contributed by atoms with Crippen LogP contribution < -0.4 is 5.73 Å². The number of thiazole rings is 1. The molecule has 1 aromatic carbocycles. The molecule has 0 aliphatic carbocycles. The van der Waals surface area contributed by atoms with Crippen LogP contribution in [0.4, 0.5) is 18.3 Å². The van der Waals surface area contributed by atoms with E-state index in [0.717, 1.165) is 11.3 Å². The second kappa shape index (κ2) is 4.37. The van der Waals surface area contributed by atoms with Gasteiger partial charge in [0.15, 0.2) is 5.13 Å². The summed E-state index contributed by atoms with van der Waals surface area (Å²) in [6.07, 6.45) is -5.24. The Bertz CT molecular complexity index is 505. The van der Waals surface area contributed by atoms with E-state index in [2.05, 4.69) is 4.98 Å². The highest BCUT2D eigenvalue weighted by Gasteiger charge is 2.30. The van der Waals surface area contributed by atoms with Crippen LogP contribution in [-0.4, -0.2) is 11.2 Å². The monoisotopic (exact) mass is 258 g/mol. The van der Waals surface area contributed by atoms with E-state index in [1.54, 1.807) is 30.3 Å². The first-order valence-corrected chi connectivity index (χ1v) is 5.65. The van der Waals surface area contributed by atoms with E-state index in [-0.39, 0.29) is 10.0 Å². The smallest absolute Gasteiger partial charge is 0.375 e. The van der Waals surface area contributed by atoms with Crippen molar-refractivity contribution in [2.45, 2.75) is 12.6 Å². The average Bonchev–Trinajstić information content (AvgIpc) is 2.58. The highest BCUT2D eigenvalue weighted by atomic mass is 32.1. The summed E-state index contributed by atoms with van der Waals surface area (Å²) in [5.41, 5.74) is 6.45. The van der Waals surface area contributed by atoms with Crippen LogP contribution in [0.2, 0.25) is 0 Å². The number of halogens is 3. The predicted octanol–water partition coefficient (Wildman–Crippen LogP) is 3.50. The lowest BCUT2D eigenvalue weighted by atomic mass is 10.1. The summed E-state index contributed by atoms with van der Waals surface area (Å²) in [7, 11) is 0. The van der Waals surface area contributed by atoms with E-state index < -0.39 is 12.6 Å². The number of nitrogen functional groups attached to an aromatic ring is 1. The molecule has 0 saturated carbocycles. The molecule has 1 heterocycles. The maximum absolute atomic E-state index is 12.4. The molecule has 0 amide bonds. The molecular formula is C11H9F3N2S. The number of alkyl halides is 3. The molecule has 0 spiro atoms. The van der Waals surface area contributed by atoms with Crippen LogP contribution in [0, 0.1) is 0 Å². The van der Waals surface area contributed by atoms with Crippen LogP contribution in [0.3, 0.4) is 0 Å². The standard InChI is InChI=1S/C11H9F3N2S/c12-11(13,14)6-8-9(16-10(15)17-8)7-4-2-1-3-5-7/h1-5H,6H2,(H2,15,16). The molecular weight excluding hydrogens is 249 g/mol. The van der Waals surface area contributed by atoms with Crippen LogP contribution in [0.15, 0.2) is 30.3 Å². The minimum absolute atomic E-state index is 0.154. The van der Waals surface area contributed by atoms with Crippen LogP contribution >= 0.6 is 11.3 Å². The second-order valence-electron chi connectivity index (χ2n) is 3.48. The third-order valence-corrected chi connectivity index (χ3v) is 3.01. The van der Waals surface area contributed by atoms with Gasteiger partial charge >= 0.3 is 6.18 Å². The van der Waals surface area contributed by atoms with Gasteiger partial charge in [0.2, 0.25) is 0 Å². The quantitative estimate of drug-likeness (QED) is 0.895. The molecule has 6 heteroatoms. The summed E-state index contributed by atoms with van der Waals surface area (Å²) < 4.78 is 37.2. The van der Waals surface area contributed by atoms with Crippen molar-refractivity contribution in [3.8, 4) is 11.3 Å². The molecule has 0 bridgehead atoms. The van der Waals surface area contributed by atoms with Crippen molar-refractivity contribution in [3.63, 3.8) is 0 Å². The van der Waals surface area contributed by atoms with Gasteiger partial charge < -0.3 is 5.73 Å². The molecule has 1 aromatic heterocycles. The maximum atomic E-state index is 12.4. The molecule has 0 aliphatic rings. The Morgan fingerprint density at radius 1 is 1.18 bits per heavy atom. The van der Waals surface area contributed by atoms with Gasteiger partial charge in [-0.1, -0.05) is 30.3 Å². The first-order valence-electron chi connectivity index (χ1n) is 4.83. The van der Waals surface area contributed by atoms with Gasteiger partial charge in [0.05, 0.1) is 12.1 Å². The van der Waals surface area contributed by atoms with Crippen molar-refractivity contribution < 1.29 is 13.2 Å². The van der Waals surface area contributed by atoms with Crippen LogP contribution in [-0.2, 0) is 6.42 Å². The van der Waals surface area contributed by atoms with Gasteiger partial charge in [-0.15, -0.1) is 11.3 Å². The van der Waals surface area contributed by atoms with Gasteiger partial charge in [-0.05, 0) is 0 Å². The first kappa shape index (κ1) is 11.9. The molecule has 2 nitrogen and oxygen atoms in total. The van der Waals surface area contributed by atoms with Crippen molar-refractivity contribution >= 4 is 16.5 Å². The Balaban J connectivity index is 2.41. The van der Waals surface area contributed by atoms with Crippen molar-refractivity contribution in [1.29, 1.82) is 0 Å². The summed E-state index contributed by atoms with van der Waals surface area (Å²) in [4.78, 5) is 4.12. The van der Waals surface area contributed by atoms with Crippen molar-refractivity contribution in [3.05, 3.63) is 35.2 Å². The Morgan fingerprint density at radius 3 is 2.41 bits per heavy atom. The topological polar surface area (TPSA) is 38.9 Å². The molecule has 0 fully saturated rings. The van der Waals surface area contributed by atoms with Gasteiger partial charge in [-0.25, -0.2) is 4.98 Å². The molecule has 0 radical (unpaired) electrons. The third kappa shape index (κ3) is 2.97. The highest BCUT2D eigenvalue weighted by Crippen LogP contribution is 2.34. The molecule has 17 heavy (non-hydrogen) atoms. The molecule has 0 atom stereocenters. The van der Waals surface area contributed by atoms with Gasteiger partial charge in [0.1, 0.15) is 0 Å². The number of nitrogens with zero attached hydrogens (tertiary/aromatic N) is 1. The summed E-state index contributed by atoms with van der Waals surface area (Å²) in [5.74, 6) is 0. The largest absolute Gasteiger partial charge is 0.393 e. The van der Waals surface area contributed by atoms with E-state index in [1.165, 1.54) is 0 Å². The van der Waals surface area contributed by atoms with Crippen molar-refractivity contribution in [2.24, 2.45) is 0 Å². The van der Waals surface area contributed by atoms with E-state index in [9.17, 15) is 13.2 Å². The summed E-state index contributed by atoms with van der Waals surface area (Å²) in [5, 5.41) is 0.156. The Hall–Kier alpha value is -1.56. The number of rotatable bonds is 2. The van der Waals surface area contributed by atoms with E-state index >= 15 is 0 Å². The Morgan fingerprint density at radius 2 is 1.82 bits per heavy atom. The zero-order chi connectivity index (χ0) is 12.5. The lowest BCUT2D eigenvalue weighted by Gasteiger charge is -2.05. The van der Waals surface area contributed by atoms with Gasteiger partial charge in [-0.2, -0.15) is 13.2 Å². The van der Waals surface area contributed by atoms with Crippen molar-refractivity contribution in [1.82, 2.24) is 4.98 Å². The van der Waals surface area contributed by atoms with E-state index in [1.807, 2.05) is 0 Å². The zero-order valence-electron chi connectivity index (χ0n) is 8.66. The minimum Gasteiger partial charge on any atom is -0.375 e. The molecule has 2 N–H and O–H groups in total. The van der Waals surface area contributed by atoms with Gasteiger partial charge in [0, 0.05) is 10.4 Å². The number of anilines is 1. The Kier molecular flexibility index (Phi) is 3.06. The first-order chi connectivity index (χ1) is 7.96. The van der Waals surface area contributed by atoms with Crippen molar-refractivity contribution in [2.75, 3.05) is 5.73 Å².